The smallest absolute Gasteiger partial charge is 0.410 e. The van der Waals surface area contributed by atoms with Gasteiger partial charge >= 0.3 is 6.09 Å². The van der Waals surface area contributed by atoms with E-state index in [1.54, 1.807) is 14.2 Å². The van der Waals surface area contributed by atoms with Crippen LogP contribution in [0.4, 0.5) is 4.79 Å². The maximum absolute atomic E-state index is 12.4. The Labute approximate surface area is 167 Å². The average Bonchev–Trinajstić information content (AvgIpc) is 3.02. The van der Waals surface area contributed by atoms with Gasteiger partial charge in [0.2, 0.25) is 0 Å². The standard InChI is InChI=1S/C20H22INO4/c1-24-16-9-8-14(12-17(16)25-2)10-11-22-19(15-6-4-3-5-7-15)18(13-21)26-20(22)23/h3-9,12,18-19H,10-11,13H2,1-2H3/t18-,19+/m0/s1. The van der Waals surface area contributed by atoms with Gasteiger partial charge in [-0.1, -0.05) is 59.0 Å². The van der Waals surface area contributed by atoms with Crippen molar-refractivity contribution in [2.45, 2.75) is 18.6 Å². The van der Waals surface area contributed by atoms with Crippen molar-refractivity contribution in [2.75, 3.05) is 25.2 Å². The molecule has 0 N–H and O–H groups in total. The first-order valence-electron chi connectivity index (χ1n) is 8.47. The third-order valence-electron chi connectivity index (χ3n) is 4.56. The van der Waals surface area contributed by atoms with E-state index in [1.165, 1.54) is 0 Å². The zero-order valence-corrected chi connectivity index (χ0v) is 17.0. The van der Waals surface area contributed by atoms with Crippen LogP contribution in [-0.4, -0.2) is 42.3 Å². The third-order valence-corrected chi connectivity index (χ3v) is 5.43. The van der Waals surface area contributed by atoms with Crippen molar-refractivity contribution < 1.29 is 19.0 Å². The molecule has 1 aliphatic rings. The van der Waals surface area contributed by atoms with Crippen molar-refractivity contribution in [3.63, 3.8) is 0 Å². The van der Waals surface area contributed by atoms with Crippen molar-refractivity contribution in [1.82, 2.24) is 4.90 Å². The third kappa shape index (κ3) is 3.90. The van der Waals surface area contributed by atoms with Gasteiger partial charge in [-0.15, -0.1) is 0 Å². The molecule has 1 aliphatic heterocycles. The van der Waals surface area contributed by atoms with E-state index in [-0.39, 0.29) is 18.2 Å². The number of hydrogen-bond donors (Lipinski definition) is 0. The lowest BCUT2D eigenvalue weighted by molar-refractivity contribution is 0.139. The molecule has 1 saturated heterocycles. The lowest BCUT2D eigenvalue weighted by Gasteiger charge is -2.24. The van der Waals surface area contributed by atoms with Crippen LogP contribution in [0, 0.1) is 0 Å². The van der Waals surface area contributed by atoms with E-state index in [2.05, 4.69) is 34.7 Å². The molecule has 0 spiro atoms. The normalized spacial score (nSPS) is 19.3. The number of rotatable bonds is 7. The number of halogens is 1. The maximum Gasteiger partial charge on any atom is 0.410 e. The summed E-state index contributed by atoms with van der Waals surface area (Å²) in [5, 5.41) is 0. The first-order chi connectivity index (χ1) is 12.7. The molecule has 3 rings (SSSR count). The molecule has 2 aromatic rings. The predicted molar refractivity (Wildman–Crippen MR) is 108 cm³/mol. The van der Waals surface area contributed by atoms with Gasteiger partial charge in [0.05, 0.1) is 20.3 Å². The Kier molecular flexibility index (Phi) is 6.24. The van der Waals surface area contributed by atoms with E-state index in [9.17, 15) is 4.79 Å². The number of carbonyl (C=O) groups is 1. The highest BCUT2D eigenvalue weighted by atomic mass is 127. The highest BCUT2D eigenvalue weighted by molar-refractivity contribution is 14.1. The van der Waals surface area contributed by atoms with Crippen LogP contribution >= 0.6 is 22.6 Å². The Morgan fingerprint density at radius 1 is 1.08 bits per heavy atom. The summed E-state index contributed by atoms with van der Waals surface area (Å²) in [7, 11) is 3.24. The van der Waals surface area contributed by atoms with Crippen LogP contribution < -0.4 is 9.47 Å². The summed E-state index contributed by atoms with van der Waals surface area (Å²) in [6.45, 7) is 0.584. The molecule has 0 saturated carbocycles. The molecule has 1 amide bonds. The molecule has 2 atom stereocenters. The van der Waals surface area contributed by atoms with Crippen molar-refractivity contribution in [3.05, 3.63) is 59.7 Å². The lowest BCUT2D eigenvalue weighted by atomic mass is 10.0. The predicted octanol–water partition coefficient (Wildman–Crippen LogP) is 4.24. The fraction of sp³-hybridized carbons (Fsp3) is 0.350. The Balaban J connectivity index is 1.78. The molecular formula is C20H22INO4. The van der Waals surface area contributed by atoms with Crippen LogP contribution in [0.1, 0.15) is 17.2 Å². The van der Waals surface area contributed by atoms with Gasteiger partial charge in [-0.2, -0.15) is 0 Å². The van der Waals surface area contributed by atoms with Gasteiger partial charge in [-0.3, -0.25) is 4.90 Å². The monoisotopic (exact) mass is 467 g/mol. The SMILES string of the molecule is COc1ccc(CCN2C(=O)O[C@@H](CI)[C@H]2c2ccccc2)cc1OC. The highest BCUT2D eigenvalue weighted by Gasteiger charge is 2.41. The first kappa shape index (κ1) is 18.8. The van der Waals surface area contributed by atoms with Gasteiger partial charge < -0.3 is 14.2 Å². The summed E-state index contributed by atoms with van der Waals surface area (Å²) in [5.74, 6) is 1.39. The second-order valence-corrected chi connectivity index (χ2v) is 6.95. The summed E-state index contributed by atoms with van der Waals surface area (Å²) < 4.78 is 17.0. The fourth-order valence-corrected chi connectivity index (χ4v) is 3.91. The molecule has 0 unspecified atom stereocenters. The van der Waals surface area contributed by atoms with E-state index in [0.717, 1.165) is 15.6 Å². The number of cyclic esters (lactones) is 1. The molecule has 0 bridgehead atoms. The number of methoxy groups -OCH3 is 2. The summed E-state index contributed by atoms with van der Waals surface area (Å²) in [6, 6.07) is 15.9. The van der Waals surface area contributed by atoms with Crippen LogP contribution in [0.15, 0.2) is 48.5 Å². The van der Waals surface area contributed by atoms with Crippen molar-refractivity contribution in [1.29, 1.82) is 0 Å². The topological polar surface area (TPSA) is 48.0 Å². The number of carbonyl (C=O) groups excluding carboxylic acids is 1. The van der Waals surface area contributed by atoms with E-state index in [0.29, 0.717) is 24.5 Å². The summed E-state index contributed by atoms with van der Waals surface area (Å²) in [6.07, 6.45) is 0.337. The molecule has 26 heavy (non-hydrogen) atoms. The molecule has 0 aliphatic carbocycles. The molecule has 2 aromatic carbocycles. The number of alkyl halides is 1. The summed E-state index contributed by atoms with van der Waals surface area (Å²) in [4.78, 5) is 14.3. The van der Waals surface area contributed by atoms with Crippen molar-refractivity contribution in [3.8, 4) is 11.5 Å². The van der Waals surface area contributed by atoms with Gasteiger partial charge in [0.15, 0.2) is 11.5 Å². The number of amides is 1. The van der Waals surface area contributed by atoms with Gasteiger partial charge in [-0.25, -0.2) is 4.79 Å². The Morgan fingerprint density at radius 3 is 2.46 bits per heavy atom. The van der Waals surface area contributed by atoms with Crippen LogP contribution in [0.2, 0.25) is 0 Å². The van der Waals surface area contributed by atoms with Gasteiger partial charge in [-0.05, 0) is 29.7 Å². The fourth-order valence-electron chi connectivity index (χ4n) is 3.25. The number of hydrogen-bond acceptors (Lipinski definition) is 4. The van der Waals surface area contributed by atoms with E-state index < -0.39 is 0 Å². The lowest BCUT2D eigenvalue weighted by Crippen LogP contribution is -2.31. The minimum absolute atomic E-state index is 0.0549. The number of ether oxygens (including phenoxy) is 3. The Hall–Kier alpha value is -1.96. The second kappa shape index (κ2) is 8.62. The Bertz CT molecular complexity index is 753. The molecular weight excluding hydrogens is 445 g/mol. The Morgan fingerprint density at radius 2 is 1.81 bits per heavy atom. The van der Waals surface area contributed by atoms with Crippen LogP contribution in [0.3, 0.4) is 0 Å². The summed E-state index contributed by atoms with van der Waals surface area (Å²) in [5.41, 5.74) is 2.19. The van der Waals surface area contributed by atoms with Crippen molar-refractivity contribution >= 4 is 28.7 Å². The van der Waals surface area contributed by atoms with Gasteiger partial charge in [0, 0.05) is 11.0 Å². The zero-order valence-electron chi connectivity index (χ0n) is 14.9. The minimum atomic E-state index is -0.249. The average molecular weight is 467 g/mol. The first-order valence-corrected chi connectivity index (χ1v) is 9.99. The summed E-state index contributed by atoms with van der Waals surface area (Å²) >= 11 is 2.27. The van der Waals surface area contributed by atoms with E-state index in [4.69, 9.17) is 14.2 Å². The molecule has 5 nitrogen and oxygen atoms in total. The maximum atomic E-state index is 12.4. The van der Waals surface area contributed by atoms with Crippen LogP contribution in [0.25, 0.3) is 0 Å². The van der Waals surface area contributed by atoms with Crippen molar-refractivity contribution in [2.24, 2.45) is 0 Å². The van der Waals surface area contributed by atoms with Gasteiger partial charge in [0.1, 0.15) is 6.10 Å². The zero-order chi connectivity index (χ0) is 18.5. The molecule has 0 radical (unpaired) electrons. The number of nitrogens with zero attached hydrogens (tertiary/aromatic N) is 1. The quantitative estimate of drug-likeness (QED) is 0.452. The second-order valence-electron chi connectivity index (χ2n) is 6.06. The van der Waals surface area contributed by atoms with Gasteiger partial charge in [0.25, 0.3) is 0 Å². The van der Waals surface area contributed by atoms with E-state index in [1.807, 2.05) is 41.3 Å². The van der Waals surface area contributed by atoms with Crippen LogP contribution in [-0.2, 0) is 11.2 Å². The molecule has 138 valence electrons. The molecule has 0 aromatic heterocycles. The minimum Gasteiger partial charge on any atom is -0.493 e. The molecule has 1 heterocycles. The largest absolute Gasteiger partial charge is 0.493 e. The molecule has 6 heteroatoms. The number of benzene rings is 2. The highest BCUT2D eigenvalue weighted by Crippen LogP contribution is 2.35. The molecule has 1 fully saturated rings. The van der Waals surface area contributed by atoms with E-state index >= 15 is 0 Å². The van der Waals surface area contributed by atoms with Crippen LogP contribution in [0.5, 0.6) is 11.5 Å².